The van der Waals surface area contributed by atoms with Crippen molar-refractivity contribution in [3.63, 3.8) is 0 Å². The number of sulfone groups is 1. The number of H-pyrrole nitrogens is 1. The molecule has 4 rings (SSSR count). The summed E-state index contributed by atoms with van der Waals surface area (Å²) in [4.78, 5) is 16.1. The molecule has 0 unspecified atom stereocenters. The molecule has 1 aromatic carbocycles. The molecular weight excluding hydrogens is 407 g/mol. The summed E-state index contributed by atoms with van der Waals surface area (Å²) in [5, 5.41) is -0.505. The maximum absolute atomic E-state index is 14.4. The van der Waals surface area contributed by atoms with Crippen LogP contribution in [0.5, 0.6) is 5.88 Å². The van der Waals surface area contributed by atoms with Crippen LogP contribution in [0.3, 0.4) is 0 Å². The van der Waals surface area contributed by atoms with Gasteiger partial charge in [-0.2, -0.15) is 0 Å². The Balaban J connectivity index is 0.00000272. The normalized spacial score (nSPS) is 11.9. The number of pyridine rings is 1. The Bertz CT molecular complexity index is 1340. The molecule has 0 aliphatic rings. The maximum Gasteiger partial charge on any atom is 0.213 e. The number of aromatic nitrogens is 4. The third-order valence-corrected chi connectivity index (χ3v) is 6.98. The van der Waals surface area contributed by atoms with Gasteiger partial charge < -0.3 is 9.72 Å². The summed E-state index contributed by atoms with van der Waals surface area (Å²) >= 11 is 0. The largest absolute Gasteiger partial charge is 0.481 e. The highest BCUT2D eigenvalue weighted by Crippen LogP contribution is 2.32. The lowest BCUT2D eigenvalue weighted by molar-refractivity contribution is 0.396. The van der Waals surface area contributed by atoms with Gasteiger partial charge in [-0.05, 0) is 26.0 Å². The van der Waals surface area contributed by atoms with Crippen molar-refractivity contribution in [2.45, 2.75) is 24.0 Å². The molecule has 0 fully saturated rings. The molecule has 3 aromatic heterocycles. The van der Waals surface area contributed by atoms with E-state index in [1.807, 2.05) is 0 Å². The van der Waals surface area contributed by atoms with Crippen molar-refractivity contribution in [1.29, 1.82) is 0 Å². The summed E-state index contributed by atoms with van der Waals surface area (Å²) in [5.74, 6) is -0.223. The SMILES string of the molecule is COc1cc(-c2c[nH]c3ncc(-c4ccc(S(=O)(=O)C(C)C)cc4)nc23)c(F)cn1.[HH]. The molecule has 0 bridgehead atoms. The molecule has 1 N–H and O–H groups in total. The molecule has 7 nitrogen and oxygen atoms in total. The number of halogens is 1. The number of rotatable bonds is 5. The topological polar surface area (TPSA) is 97.8 Å². The van der Waals surface area contributed by atoms with Gasteiger partial charge in [-0.15, -0.1) is 0 Å². The van der Waals surface area contributed by atoms with Gasteiger partial charge in [-0.3, -0.25) is 0 Å². The van der Waals surface area contributed by atoms with Gasteiger partial charge in [0.25, 0.3) is 0 Å². The van der Waals surface area contributed by atoms with Gasteiger partial charge in [0, 0.05) is 30.4 Å². The highest BCUT2D eigenvalue weighted by Gasteiger charge is 2.19. The monoisotopic (exact) mass is 428 g/mol. The summed E-state index contributed by atoms with van der Waals surface area (Å²) in [5.41, 5.74) is 3.04. The molecule has 156 valence electrons. The van der Waals surface area contributed by atoms with Crippen LogP contribution in [0.25, 0.3) is 33.5 Å². The molecule has 9 heteroatoms. The Morgan fingerprint density at radius 1 is 1.10 bits per heavy atom. The van der Waals surface area contributed by atoms with E-state index in [0.29, 0.717) is 28.0 Å². The van der Waals surface area contributed by atoms with Crippen LogP contribution < -0.4 is 4.74 Å². The molecule has 3 heterocycles. The Morgan fingerprint density at radius 2 is 1.83 bits per heavy atom. The van der Waals surface area contributed by atoms with Gasteiger partial charge >= 0.3 is 0 Å². The van der Waals surface area contributed by atoms with Crippen molar-refractivity contribution >= 4 is 21.0 Å². The average Bonchev–Trinajstić information content (AvgIpc) is 3.17. The second-order valence-corrected chi connectivity index (χ2v) is 9.48. The Kier molecular flexibility index (Phi) is 4.98. The molecule has 0 atom stereocenters. The maximum atomic E-state index is 14.4. The first-order valence-corrected chi connectivity index (χ1v) is 10.7. The molecule has 0 amide bonds. The summed E-state index contributed by atoms with van der Waals surface area (Å²) in [6, 6.07) is 7.99. The zero-order chi connectivity index (χ0) is 21.5. The summed E-state index contributed by atoms with van der Waals surface area (Å²) in [6.45, 7) is 3.28. The van der Waals surface area contributed by atoms with Crippen molar-refractivity contribution in [2.75, 3.05) is 7.11 Å². The minimum Gasteiger partial charge on any atom is -0.481 e. The van der Waals surface area contributed by atoms with Crippen LogP contribution in [0.1, 0.15) is 15.3 Å². The van der Waals surface area contributed by atoms with Crippen LogP contribution in [0, 0.1) is 5.82 Å². The average molecular weight is 428 g/mol. The molecule has 0 radical (unpaired) electrons. The number of hydrogen-bond acceptors (Lipinski definition) is 6. The Hall–Kier alpha value is -3.33. The summed E-state index contributed by atoms with van der Waals surface area (Å²) in [7, 11) is -1.90. The number of nitrogens with one attached hydrogen (secondary N) is 1. The van der Waals surface area contributed by atoms with Crippen molar-refractivity contribution in [3.8, 4) is 28.3 Å². The third-order valence-electron chi connectivity index (χ3n) is 4.81. The van der Waals surface area contributed by atoms with E-state index in [9.17, 15) is 12.8 Å². The molecular formula is C21H21FN4O3S. The molecule has 0 aliphatic carbocycles. The zero-order valence-corrected chi connectivity index (χ0v) is 17.4. The lowest BCUT2D eigenvalue weighted by atomic mass is 10.1. The molecule has 4 aromatic rings. The smallest absolute Gasteiger partial charge is 0.213 e. The van der Waals surface area contributed by atoms with Gasteiger partial charge in [0.2, 0.25) is 5.88 Å². The Morgan fingerprint density at radius 3 is 2.50 bits per heavy atom. The molecule has 30 heavy (non-hydrogen) atoms. The van der Waals surface area contributed by atoms with E-state index in [1.165, 1.54) is 13.2 Å². The van der Waals surface area contributed by atoms with Gasteiger partial charge in [0.1, 0.15) is 11.3 Å². The number of fused-ring (bicyclic) bond motifs is 1. The van der Waals surface area contributed by atoms with E-state index < -0.39 is 20.9 Å². The fraction of sp³-hybridized carbons (Fsp3) is 0.190. The molecule has 0 saturated heterocycles. The van der Waals surface area contributed by atoms with E-state index in [-0.39, 0.29) is 17.8 Å². The fourth-order valence-electron chi connectivity index (χ4n) is 3.06. The number of ether oxygens (including phenoxy) is 1. The van der Waals surface area contributed by atoms with Crippen molar-refractivity contribution in [3.05, 3.63) is 54.7 Å². The minimum atomic E-state index is -3.36. The van der Waals surface area contributed by atoms with Gasteiger partial charge in [-0.25, -0.2) is 27.8 Å². The number of methoxy groups -OCH3 is 1. The van der Waals surface area contributed by atoms with Gasteiger partial charge in [-0.1, -0.05) is 12.1 Å². The van der Waals surface area contributed by atoms with E-state index in [4.69, 9.17) is 4.74 Å². The fourth-order valence-corrected chi connectivity index (χ4v) is 4.12. The predicted molar refractivity (Wildman–Crippen MR) is 114 cm³/mol. The van der Waals surface area contributed by atoms with E-state index in [2.05, 4.69) is 19.9 Å². The lowest BCUT2D eigenvalue weighted by Crippen LogP contribution is -2.13. The third kappa shape index (κ3) is 3.41. The number of benzene rings is 1. The lowest BCUT2D eigenvalue weighted by Gasteiger charge is -2.09. The van der Waals surface area contributed by atoms with Crippen LogP contribution >= 0.6 is 0 Å². The van der Waals surface area contributed by atoms with Crippen molar-refractivity contribution < 1.29 is 19.0 Å². The highest BCUT2D eigenvalue weighted by molar-refractivity contribution is 7.92. The molecule has 0 spiro atoms. The van der Waals surface area contributed by atoms with Gasteiger partial charge in [0.15, 0.2) is 15.5 Å². The summed E-state index contributed by atoms with van der Waals surface area (Å²) in [6.07, 6.45) is 4.31. The number of aromatic amines is 1. The first-order valence-electron chi connectivity index (χ1n) is 9.19. The summed E-state index contributed by atoms with van der Waals surface area (Å²) < 4.78 is 44.1. The minimum absolute atomic E-state index is 0. The van der Waals surface area contributed by atoms with Crippen LogP contribution in [0.15, 0.2) is 53.8 Å². The van der Waals surface area contributed by atoms with Gasteiger partial charge in [0.05, 0.1) is 35.3 Å². The van der Waals surface area contributed by atoms with Crippen LogP contribution in [0.2, 0.25) is 0 Å². The zero-order valence-electron chi connectivity index (χ0n) is 16.5. The van der Waals surface area contributed by atoms with Crippen LogP contribution in [-0.4, -0.2) is 40.7 Å². The first kappa shape index (κ1) is 20.0. The second kappa shape index (κ2) is 7.49. The molecule has 0 aliphatic heterocycles. The van der Waals surface area contributed by atoms with E-state index >= 15 is 0 Å². The number of hydrogen-bond donors (Lipinski definition) is 1. The van der Waals surface area contributed by atoms with E-state index in [1.54, 1.807) is 50.5 Å². The number of nitrogens with zero attached hydrogens (tertiary/aromatic N) is 3. The highest BCUT2D eigenvalue weighted by atomic mass is 32.2. The van der Waals surface area contributed by atoms with Crippen molar-refractivity contribution in [1.82, 2.24) is 19.9 Å². The Labute approximate surface area is 174 Å². The van der Waals surface area contributed by atoms with E-state index in [0.717, 1.165) is 6.20 Å². The predicted octanol–water partition coefficient (Wildman–Crippen LogP) is 4.26. The quantitative estimate of drug-likeness (QED) is 0.510. The van der Waals surface area contributed by atoms with Crippen LogP contribution in [-0.2, 0) is 9.84 Å². The standard InChI is InChI=1S/C21H19FN4O3S.H2/c1-12(2)30(27,28)14-6-4-13(5-7-14)18-11-25-21-20(26-18)16(9-24-21)15-8-19(29-3)23-10-17(15)22;/h4-12H,1-3H3,(H,24,25);1H. The molecule has 0 saturated carbocycles. The first-order chi connectivity index (χ1) is 14.3. The van der Waals surface area contributed by atoms with Crippen LogP contribution in [0.4, 0.5) is 4.39 Å². The second-order valence-electron chi connectivity index (χ2n) is 6.98. The van der Waals surface area contributed by atoms with Crippen molar-refractivity contribution in [2.24, 2.45) is 0 Å².